The third kappa shape index (κ3) is 4.22. The van der Waals surface area contributed by atoms with E-state index in [-0.39, 0.29) is 5.82 Å². The number of halogens is 1. The summed E-state index contributed by atoms with van der Waals surface area (Å²) in [6.07, 6.45) is 14.9. The van der Waals surface area contributed by atoms with Gasteiger partial charge in [-0.2, -0.15) is 0 Å². The number of furan rings is 1. The van der Waals surface area contributed by atoms with Crippen molar-refractivity contribution in [3.8, 4) is 22.4 Å². The fourth-order valence-corrected chi connectivity index (χ4v) is 9.34. The normalized spacial score (nSPS) is 25.8. The topological polar surface area (TPSA) is 17.0 Å². The molecule has 2 heterocycles. The lowest BCUT2D eigenvalue weighted by Crippen LogP contribution is -2.39. The number of nitrogens with zero attached hydrogens (tertiary/aromatic N) is 1. The van der Waals surface area contributed by atoms with Gasteiger partial charge < -0.3 is 4.42 Å². The van der Waals surface area contributed by atoms with Crippen molar-refractivity contribution in [2.75, 3.05) is 0 Å². The molecule has 0 aliphatic heterocycles. The number of aryl methyl sites for hydroxylation is 2. The molecule has 8 rings (SSSR count). The van der Waals surface area contributed by atoms with Crippen LogP contribution >= 0.6 is 0 Å². The van der Waals surface area contributed by atoms with E-state index >= 15 is 4.39 Å². The van der Waals surface area contributed by atoms with Crippen molar-refractivity contribution < 1.29 is 13.4 Å². The quantitative estimate of drug-likeness (QED) is 0.201. The van der Waals surface area contributed by atoms with Crippen molar-refractivity contribution in [3.05, 3.63) is 89.9 Å². The zero-order valence-corrected chi connectivity index (χ0v) is 24.9. The zero-order chi connectivity index (χ0) is 28.4. The predicted molar refractivity (Wildman–Crippen MR) is 169 cm³/mol. The van der Waals surface area contributed by atoms with Crippen LogP contribution in [0, 0.1) is 36.4 Å². The Morgan fingerprint density at radius 2 is 1.45 bits per heavy atom. The predicted octanol–water partition coefficient (Wildman–Crippen LogP) is 10.3. The summed E-state index contributed by atoms with van der Waals surface area (Å²) in [5, 5.41) is 1.98. The summed E-state index contributed by atoms with van der Waals surface area (Å²) in [7, 11) is 2.05. The molecule has 0 spiro atoms. The first-order valence-electron chi connectivity index (χ1n) is 16.3. The molecular formula is C39H41FNO+. The molecule has 0 bridgehead atoms. The highest BCUT2D eigenvalue weighted by atomic mass is 19.1. The first-order chi connectivity index (χ1) is 20.6. The van der Waals surface area contributed by atoms with Crippen LogP contribution in [-0.4, -0.2) is 0 Å². The van der Waals surface area contributed by atoms with Crippen molar-refractivity contribution in [2.45, 2.75) is 70.6 Å². The molecule has 5 aromatic rings. The van der Waals surface area contributed by atoms with E-state index in [0.717, 1.165) is 62.4 Å². The Kier molecular flexibility index (Phi) is 6.46. The van der Waals surface area contributed by atoms with Gasteiger partial charge in [-0.3, -0.25) is 0 Å². The molecule has 3 fully saturated rings. The summed E-state index contributed by atoms with van der Waals surface area (Å²) >= 11 is 0. The van der Waals surface area contributed by atoms with E-state index in [1.165, 1.54) is 63.4 Å². The Labute approximate surface area is 248 Å². The maximum atomic E-state index is 15.6. The highest BCUT2D eigenvalue weighted by Crippen LogP contribution is 2.54. The monoisotopic (exact) mass is 558 g/mol. The molecule has 3 saturated carbocycles. The maximum absolute atomic E-state index is 15.6. The van der Waals surface area contributed by atoms with Crippen molar-refractivity contribution in [1.82, 2.24) is 0 Å². The number of fused-ring (bicyclic) bond motifs is 6. The molecule has 0 amide bonds. The lowest BCUT2D eigenvalue weighted by atomic mass is 9.56. The smallest absolute Gasteiger partial charge is 0.216 e. The number of aromatic nitrogens is 1. The Morgan fingerprint density at radius 1 is 0.714 bits per heavy atom. The fourth-order valence-electron chi connectivity index (χ4n) is 9.34. The first kappa shape index (κ1) is 26.2. The van der Waals surface area contributed by atoms with Crippen molar-refractivity contribution in [1.29, 1.82) is 0 Å². The summed E-state index contributed by atoms with van der Waals surface area (Å²) in [6, 6.07) is 22.7. The van der Waals surface area contributed by atoms with E-state index in [1.54, 1.807) is 6.07 Å². The molecule has 42 heavy (non-hydrogen) atoms. The van der Waals surface area contributed by atoms with Crippen LogP contribution in [0.3, 0.4) is 0 Å². The molecule has 2 aromatic heterocycles. The molecule has 0 N–H and O–H groups in total. The highest BCUT2D eigenvalue weighted by molar-refractivity contribution is 6.13. The van der Waals surface area contributed by atoms with Crippen LogP contribution in [0.2, 0.25) is 0 Å². The second-order valence-electron chi connectivity index (χ2n) is 13.6. The van der Waals surface area contributed by atoms with Crippen molar-refractivity contribution in [2.24, 2.45) is 30.7 Å². The molecule has 5 unspecified atom stereocenters. The largest absolute Gasteiger partial charge is 0.454 e. The third-order valence-corrected chi connectivity index (χ3v) is 11.4. The highest BCUT2D eigenvalue weighted by Gasteiger charge is 2.43. The van der Waals surface area contributed by atoms with Crippen LogP contribution in [-0.2, 0) is 7.05 Å². The third-order valence-electron chi connectivity index (χ3n) is 11.4. The van der Waals surface area contributed by atoms with Crippen LogP contribution in [0.4, 0.5) is 4.39 Å². The molecule has 3 heteroatoms. The van der Waals surface area contributed by atoms with Gasteiger partial charge in [0.2, 0.25) is 5.69 Å². The average molecular weight is 559 g/mol. The van der Waals surface area contributed by atoms with Crippen LogP contribution in [0.15, 0.2) is 77.3 Å². The van der Waals surface area contributed by atoms with Gasteiger partial charge in [-0.05, 0) is 110 Å². The van der Waals surface area contributed by atoms with Gasteiger partial charge in [-0.15, -0.1) is 0 Å². The van der Waals surface area contributed by atoms with E-state index < -0.39 is 0 Å². The van der Waals surface area contributed by atoms with Gasteiger partial charge in [-0.25, -0.2) is 8.96 Å². The lowest BCUT2D eigenvalue weighted by Gasteiger charge is -2.49. The van der Waals surface area contributed by atoms with Crippen LogP contribution in [0.25, 0.3) is 44.3 Å². The van der Waals surface area contributed by atoms with Gasteiger partial charge in [0, 0.05) is 22.9 Å². The summed E-state index contributed by atoms with van der Waals surface area (Å²) in [4.78, 5) is 0. The molecule has 0 radical (unpaired) electrons. The maximum Gasteiger partial charge on any atom is 0.216 e. The summed E-state index contributed by atoms with van der Waals surface area (Å²) < 4.78 is 24.4. The van der Waals surface area contributed by atoms with E-state index in [9.17, 15) is 0 Å². The van der Waals surface area contributed by atoms with Crippen molar-refractivity contribution >= 4 is 21.9 Å². The number of benzene rings is 3. The van der Waals surface area contributed by atoms with E-state index in [2.05, 4.69) is 73.3 Å². The number of hydrogen-bond acceptors (Lipinski definition) is 1. The lowest BCUT2D eigenvalue weighted by molar-refractivity contribution is -0.660. The van der Waals surface area contributed by atoms with Gasteiger partial charge in [0.1, 0.15) is 24.0 Å². The summed E-state index contributed by atoms with van der Waals surface area (Å²) in [6.45, 7) is 2.11. The molecule has 3 aromatic carbocycles. The van der Waals surface area contributed by atoms with Crippen LogP contribution in [0.1, 0.15) is 74.8 Å². The van der Waals surface area contributed by atoms with E-state index in [0.29, 0.717) is 17.1 Å². The summed E-state index contributed by atoms with van der Waals surface area (Å²) in [5.74, 6) is 4.27. The second-order valence-corrected chi connectivity index (χ2v) is 13.6. The Balaban J connectivity index is 1.13. The number of pyridine rings is 1. The van der Waals surface area contributed by atoms with E-state index in [4.69, 9.17) is 4.42 Å². The Bertz CT molecular complexity index is 1780. The minimum atomic E-state index is -0.234. The molecular weight excluding hydrogens is 517 g/mol. The van der Waals surface area contributed by atoms with Gasteiger partial charge in [0.05, 0.1) is 11.1 Å². The van der Waals surface area contributed by atoms with Gasteiger partial charge >= 0.3 is 0 Å². The minimum absolute atomic E-state index is 0.234. The fraction of sp³-hybridized carbons (Fsp3) is 0.410. The second kappa shape index (κ2) is 10.4. The van der Waals surface area contributed by atoms with Gasteiger partial charge in [0.25, 0.3) is 0 Å². The molecule has 2 nitrogen and oxygen atoms in total. The standard InChI is InChI=1S/C39H41FNO/c1-24-10-18-32-33-20-21-34(40)37(39(33)42-38(32)36(24)35-9-5-6-22-41(35)2)27-14-11-25(12-15-27)28-17-19-31-29(23-28)16-13-26-7-3-4-8-30(26)31/h5-6,9-12,14-15,18,20-22,26,28-31H,3-4,7-8,13,16-17,19,23H2,1-2H3/q+1. The van der Waals surface area contributed by atoms with Crippen LogP contribution < -0.4 is 4.57 Å². The molecule has 3 aliphatic carbocycles. The first-order valence-corrected chi connectivity index (χ1v) is 16.3. The van der Waals surface area contributed by atoms with Crippen molar-refractivity contribution in [3.63, 3.8) is 0 Å². The number of rotatable bonds is 3. The number of hydrogen-bond donors (Lipinski definition) is 0. The Morgan fingerprint density at radius 3 is 2.29 bits per heavy atom. The van der Waals surface area contributed by atoms with Gasteiger partial charge in [0.15, 0.2) is 6.20 Å². The Hall–Kier alpha value is -3.46. The minimum Gasteiger partial charge on any atom is -0.454 e. The van der Waals surface area contributed by atoms with Crippen LogP contribution in [0.5, 0.6) is 0 Å². The molecule has 5 atom stereocenters. The zero-order valence-electron chi connectivity index (χ0n) is 24.9. The average Bonchev–Trinajstić information content (AvgIpc) is 3.39. The van der Waals surface area contributed by atoms with Gasteiger partial charge in [-0.1, -0.05) is 55.7 Å². The SMILES string of the molecule is Cc1ccc2c(oc3c(-c4ccc(C5CCC6C(CCC7CCCCC76)C5)cc4)c(F)ccc32)c1-c1cccc[n+]1C. The van der Waals surface area contributed by atoms with E-state index in [1.807, 2.05) is 12.1 Å². The molecule has 0 saturated heterocycles. The molecule has 214 valence electrons. The summed E-state index contributed by atoms with van der Waals surface area (Å²) in [5.41, 5.74) is 7.62. The molecule has 3 aliphatic rings.